The van der Waals surface area contributed by atoms with E-state index in [0.717, 1.165) is 74.2 Å². The third-order valence-electron chi connectivity index (χ3n) is 11.1. The fraction of sp³-hybridized carbons (Fsp3) is 0.224. The van der Waals surface area contributed by atoms with E-state index in [1.54, 1.807) is 6.07 Å². The number of amides is 2. The first kappa shape index (κ1) is 39.4. The predicted octanol–water partition coefficient (Wildman–Crippen LogP) is 10.0. The number of fused-ring (bicyclic) bond motifs is 2. The molecule has 0 atom stereocenters. The molecule has 0 bridgehead atoms. The molecule has 2 amide bonds. The molecule has 298 valence electrons. The fourth-order valence-corrected chi connectivity index (χ4v) is 8.11. The number of benzene rings is 5. The van der Waals surface area contributed by atoms with Gasteiger partial charge in [-0.2, -0.15) is 0 Å². The summed E-state index contributed by atoms with van der Waals surface area (Å²) in [6.07, 6.45) is 7.38. The number of aryl methyl sites for hydroxylation is 1. The summed E-state index contributed by atoms with van der Waals surface area (Å²) in [7, 11) is 0. The van der Waals surface area contributed by atoms with Crippen LogP contribution in [0.3, 0.4) is 0 Å². The Balaban J connectivity index is 0.000000167. The highest BCUT2D eigenvalue weighted by Crippen LogP contribution is 2.30. The lowest BCUT2D eigenvalue weighted by atomic mass is 10.0. The summed E-state index contributed by atoms with van der Waals surface area (Å²) in [5, 5.41) is 9.23. The molecule has 5 aromatic carbocycles. The van der Waals surface area contributed by atoms with Crippen molar-refractivity contribution in [2.75, 3.05) is 36.0 Å². The standard InChI is InChI=1S/C27H25N3O2.C22H22ClN3O/c31-27(20-10-12-23(13-11-20)32-22-6-2-1-3-7-22)29-21-15-18-30(19-16-21)26-14-17-28-25-9-5-4-8-24(25)26;1-15-5-4-7-18(21(15)23)22(27)25-16-10-13-26(14-11-16)20-9-12-24-19-8-3-2-6-17(19)20/h1-14,17,21H,15-16,18-19H2,(H,29,31);2-9,12,16H,10-11,13-14H2,1H3,(H,25,27). The Bertz CT molecular complexity index is 2520. The van der Waals surface area contributed by atoms with E-state index in [1.165, 1.54) is 22.1 Å². The van der Waals surface area contributed by atoms with Gasteiger partial charge in [0.1, 0.15) is 11.5 Å². The zero-order valence-electron chi connectivity index (χ0n) is 33.1. The number of halogens is 1. The molecule has 2 aliphatic rings. The van der Waals surface area contributed by atoms with Gasteiger partial charge >= 0.3 is 0 Å². The normalized spacial score (nSPS) is 14.7. The molecule has 9 rings (SSSR count). The molecule has 9 nitrogen and oxygen atoms in total. The smallest absolute Gasteiger partial charge is 0.253 e. The van der Waals surface area contributed by atoms with Gasteiger partial charge in [-0.25, -0.2) is 0 Å². The van der Waals surface area contributed by atoms with Crippen LogP contribution in [0, 0.1) is 6.92 Å². The Kier molecular flexibility index (Phi) is 12.3. The van der Waals surface area contributed by atoms with Gasteiger partial charge in [0.05, 0.1) is 21.6 Å². The molecule has 7 aromatic rings. The first-order valence-electron chi connectivity index (χ1n) is 20.3. The summed E-state index contributed by atoms with van der Waals surface area (Å²) < 4.78 is 5.81. The van der Waals surface area contributed by atoms with Crippen LogP contribution in [-0.2, 0) is 0 Å². The summed E-state index contributed by atoms with van der Waals surface area (Å²) in [5.74, 6) is 1.37. The number of para-hydroxylation sites is 3. The van der Waals surface area contributed by atoms with Gasteiger partial charge in [0.15, 0.2) is 0 Å². The minimum atomic E-state index is -0.0866. The first-order chi connectivity index (χ1) is 28.9. The van der Waals surface area contributed by atoms with Gasteiger partial charge in [-0.05, 0) is 105 Å². The predicted molar refractivity (Wildman–Crippen MR) is 238 cm³/mol. The zero-order chi connectivity index (χ0) is 40.6. The Hall–Kier alpha value is -6.45. The van der Waals surface area contributed by atoms with E-state index in [-0.39, 0.29) is 23.9 Å². The average molecular weight is 803 g/mol. The SMILES string of the molecule is Cc1cccc(C(=O)NC2CCN(c3ccnc4ccccc34)CC2)c1Cl.O=C(NC1CCN(c2ccnc3ccccc23)CC1)c1ccc(Oc2ccccc2)cc1. The number of rotatable bonds is 8. The highest BCUT2D eigenvalue weighted by Gasteiger charge is 2.24. The maximum Gasteiger partial charge on any atom is 0.253 e. The van der Waals surface area contributed by atoms with Crippen molar-refractivity contribution in [3.63, 3.8) is 0 Å². The lowest BCUT2D eigenvalue weighted by Crippen LogP contribution is -2.44. The lowest BCUT2D eigenvalue weighted by molar-refractivity contribution is 0.0922. The number of ether oxygens (including phenoxy) is 1. The number of anilines is 2. The van der Waals surface area contributed by atoms with E-state index in [1.807, 2.05) is 116 Å². The maximum atomic E-state index is 12.7. The molecule has 2 aromatic heterocycles. The minimum Gasteiger partial charge on any atom is -0.457 e. The Morgan fingerprint density at radius 2 is 1.07 bits per heavy atom. The fourth-order valence-electron chi connectivity index (χ4n) is 7.90. The van der Waals surface area contributed by atoms with Crippen LogP contribution in [0.4, 0.5) is 11.4 Å². The molecular formula is C49H47ClN6O3. The molecule has 2 N–H and O–H groups in total. The lowest BCUT2D eigenvalue weighted by Gasteiger charge is -2.34. The van der Waals surface area contributed by atoms with Crippen molar-refractivity contribution in [1.82, 2.24) is 20.6 Å². The summed E-state index contributed by atoms with van der Waals surface area (Å²) >= 11 is 6.29. The van der Waals surface area contributed by atoms with Crippen molar-refractivity contribution < 1.29 is 14.3 Å². The van der Waals surface area contributed by atoms with Crippen molar-refractivity contribution in [3.8, 4) is 11.5 Å². The van der Waals surface area contributed by atoms with E-state index in [9.17, 15) is 9.59 Å². The van der Waals surface area contributed by atoms with Crippen molar-refractivity contribution in [1.29, 1.82) is 0 Å². The molecule has 10 heteroatoms. The largest absolute Gasteiger partial charge is 0.457 e. The van der Waals surface area contributed by atoms with Crippen LogP contribution in [-0.4, -0.2) is 60.0 Å². The zero-order valence-corrected chi connectivity index (χ0v) is 33.8. The number of hydrogen-bond acceptors (Lipinski definition) is 7. The van der Waals surface area contributed by atoms with Gasteiger partial charge in [-0.3, -0.25) is 19.6 Å². The molecule has 0 unspecified atom stereocenters. The van der Waals surface area contributed by atoms with Gasteiger partial charge in [0.25, 0.3) is 11.8 Å². The molecule has 0 radical (unpaired) electrons. The number of carbonyl (C=O) groups excluding carboxylic acids is 2. The van der Waals surface area contributed by atoms with Crippen LogP contribution >= 0.6 is 11.6 Å². The van der Waals surface area contributed by atoms with Crippen LogP contribution in [0.5, 0.6) is 11.5 Å². The third kappa shape index (κ3) is 9.48. The monoisotopic (exact) mass is 802 g/mol. The topological polar surface area (TPSA) is 99.7 Å². The molecule has 2 aliphatic heterocycles. The molecule has 2 fully saturated rings. The van der Waals surface area contributed by atoms with Crippen molar-refractivity contribution in [3.05, 3.63) is 168 Å². The molecule has 4 heterocycles. The van der Waals surface area contributed by atoms with E-state index >= 15 is 0 Å². The van der Waals surface area contributed by atoms with E-state index in [4.69, 9.17) is 16.3 Å². The van der Waals surface area contributed by atoms with Crippen LogP contribution in [0.15, 0.2) is 146 Å². The summed E-state index contributed by atoms with van der Waals surface area (Å²) in [5.41, 5.74) is 6.58. The summed E-state index contributed by atoms with van der Waals surface area (Å²) in [6.45, 7) is 5.53. The Labute approximate surface area is 350 Å². The second-order valence-electron chi connectivity index (χ2n) is 15.0. The Morgan fingerprint density at radius 3 is 1.63 bits per heavy atom. The summed E-state index contributed by atoms with van der Waals surface area (Å²) in [6, 6.07) is 43.4. The van der Waals surface area contributed by atoms with Gasteiger partial charge < -0.3 is 25.2 Å². The van der Waals surface area contributed by atoms with Crippen molar-refractivity contribution >= 4 is 56.6 Å². The number of nitrogens with one attached hydrogen (secondary N) is 2. The van der Waals surface area contributed by atoms with Crippen LogP contribution in [0.2, 0.25) is 5.02 Å². The van der Waals surface area contributed by atoms with Crippen molar-refractivity contribution in [2.24, 2.45) is 0 Å². The van der Waals surface area contributed by atoms with Crippen LogP contribution in [0.1, 0.15) is 52.0 Å². The Morgan fingerprint density at radius 1 is 0.576 bits per heavy atom. The minimum absolute atomic E-state index is 0.0379. The molecule has 0 aliphatic carbocycles. The number of pyridine rings is 2. The highest BCUT2D eigenvalue weighted by molar-refractivity contribution is 6.34. The van der Waals surface area contributed by atoms with E-state index in [2.05, 4.69) is 60.7 Å². The second-order valence-corrected chi connectivity index (χ2v) is 15.4. The number of carbonyl (C=O) groups is 2. The number of nitrogens with zero attached hydrogens (tertiary/aromatic N) is 4. The van der Waals surface area contributed by atoms with Crippen LogP contribution < -0.4 is 25.2 Å². The number of piperidine rings is 2. The maximum absolute atomic E-state index is 12.7. The molecule has 0 saturated carbocycles. The highest BCUT2D eigenvalue weighted by atomic mass is 35.5. The number of hydrogen-bond donors (Lipinski definition) is 2. The first-order valence-corrected chi connectivity index (χ1v) is 20.6. The number of aromatic nitrogens is 2. The van der Waals surface area contributed by atoms with Crippen molar-refractivity contribution in [2.45, 2.75) is 44.7 Å². The average Bonchev–Trinajstić information content (AvgIpc) is 3.28. The van der Waals surface area contributed by atoms with E-state index in [0.29, 0.717) is 21.9 Å². The van der Waals surface area contributed by atoms with Gasteiger partial charge in [0.2, 0.25) is 0 Å². The second kappa shape index (κ2) is 18.4. The van der Waals surface area contributed by atoms with Gasteiger partial charge in [-0.1, -0.05) is 78.3 Å². The van der Waals surface area contributed by atoms with Gasteiger partial charge in [-0.15, -0.1) is 0 Å². The van der Waals surface area contributed by atoms with Gasteiger partial charge in [0, 0.05) is 78.4 Å². The molecule has 0 spiro atoms. The van der Waals surface area contributed by atoms with E-state index < -0.39 is 0 Å². The quantitative estimate of drug-likeness (QED) is 0.158. The molecule has 2 saturated heterocycles. The molecular weight excluding hydrogens is 756 g/mol. The van der Waals surface area contributed by atoms with Crippen LogP contribution in [0.25, 0.3) is 21.8 Å². The summed E-state index contributed by atoms with van der Waals surface area (Å²) in [4.78, 5) is 39.0. The third-order valence-corrected chi connectivity index (χ3v) is 11.6. The molecule has 59 heavy (non-hydrogen) atoms.